The topological polar surface area (TPSA) is 42.0 Å². The Bertz CT molecular complexity index is 745. The molecular formula is C22H28N2O3. The van der Waals surface area contributed by atoms with E-state index in [1.165, 1.54) is 5.56 Å². The van der Waals surface area contributed by atoms with Gasteiger partial charge in [0.15, 0.2) is 0 Å². The van der Waals surface area contributed by atoms with E-state index in [-0.39, 0.29) is 5.91 Å². The van der Waals surface area contributed by atoms with E-state index in [0.717, 1.165) is 56.0 Å². The third kappa shape index (κ3) is 5.31. The molecule has 0 aromatic heterocycles. The summed E-state index contributed by atoms with van der Waals surface area (Å²) < 4.78 is 10.4. The van der Waals surface area contributed by atoms with Crippen LogP contribution in [0.5, 0.6) is 5.75 Å². The van der Waals surface area contributed by atoms with Crippen LogP contribution in [0.25, 0.3) is 0 Å². The molecule has 0 N–H and O–H groups in total. The van der Waals surface area contributed by atoms with Gasteiger partial charge in [-0.3, -0.25) is 9.69 Å². The van der Waals surface area contributed by atoms with Crippen LogP contribution in [0, 0.1) is 0 Å². The largest absolute Gasteiger partial charge is 0.497 e. The minimum atomic E-state index is 0.110. The second-order valence-corrected chi connectivity index (χ2v) is 6.90. The normalized spacial score (nSPS) is 15.4. The van der Waals surface area contributed by atoms with Crippen molar-refractivity contribution >= 4 is 5.91 Å². The molecule has 0 radical (unpaired) electrons. The lowest BCUT2D eigenvalue weighted by Gasteiger charge is -2.22. The Morgan fingerprint density at radius 2 is 1.78 bits per heavy atom. The molecule has 1 fully saturated rings. The third-order valence-electron chi connectivity index (χ3n) is 4.93. The minimum Gasteiger partial charge on any atom is -0.497 e. The minimum absolute atomic E-state index is 0.110. The van der Waals surface area contributed by atoms with E-state index in [1.54, 1.807) is 14.2 Å². The number of nitrogens with zero attached hydrogens (tertiary/aromatic N) is 2. The van der Waals surface area contributed by atoms with Crippen LogP contribution in [0.4, 0.5) is 0 Å². The van der Waals surface area contributed by atoms with Crippen molar-refractivity contribution in [3.8, 4) is 5.75 Å². The number of methoxy groups -OCH3 is 2. The van der Waals surface area contributed by atoms with Gasteiger partial charge in [0.25, 0.3) is 5.91 Å². The number of benzene rings is 2. The number of carbonyl (C=O) groups excluding carboxylic acids is 1. The molecule has 5 heteroatoms. The van der Waals surface area contributed by atoms with Crippen molar-refractivity contribution in [1.82, 2.24) is 9.80 Å². The highest BCUT2D eigenvalue weighted by atomic mass is 16.5. The van der Waals surface area contributed by atoms with Gasteiger partial charge in [-0.25, -0.2) is 0 Å². The van der Waals surface area contributed by atoms with Gasteiger partial charge < -0.3 is 14.4 Å². The SMILES string of the molecule is COCc1cccc(C(=O)N2CCCN(Cc3ccc(OC)cc3)CC2)c1. The van der Waals surface area contributed by atoms with Crippen LogP contribution in [-0.2, 0) is 17.9 Å². The number of carbonyl (C=O) groups is 1. The summed E-state index contributed by atoms with van der Waals surface area (Å²) in [5, 5.41) is 0. The summed E-state index contributed by atoms with van der Waals surface area (Å²) in [6.45, 7) is 4.86. The van der Waals surface area contributed by atoms with Crippen molar-refractivity contribution in [3.63, 3.8) is 0 Å². The Morgan fingerprint density at radius 3 is 2.52 bits per heavy atom. The summed E-state index contributed by atoms with van der Waals surface area (Å²) in [4.78, 5) is 17.3. The van der Waals surface area contributed by atoms with Crippen LogP contribution in [0.2, 0.25) is 0 Å². The molecule has 0 spiro atoms. The number of hydrogen-bond acceptors (Lipinski definition) is 4. The molecule has 27 heavy (non-hydrogen) atoms. The quantitative estimate of drug-likeness (QED) is 0.785. The lowest BCUT2D eigenvalue weighted by molar-refractivity contribution is 0.0760. The molecule has 5 nitrogen and oxygen atoms in total. The van der Waals surface area contributed by atoms with Crippen molar-refractivity contribution in [1.29, 1.82) is 0 Å². The summed E-state index contributed by atoms with van der Waals surface area (Å²) in [5.74, 6) is 0.987. The van der Waals surface area contributed by atoms with E-state index in [2.05, 4.69) is 17.0 Å². The fourth-order valence-corrected chi connectivity index (χ4v) is 3.46. The molecule has 0 bridgehead atoms. The Morgan fingerprint density at radius 1 is 0.963 bits per heavy atom. The lowest BCUT2D eigenvalue weighted by atomic mass is 10.1. The molecule has 1 amide bonds. The zero-order valence-corrected chi connectivity index (χ0v) is 16.2. The molecule has 0 unspecified atom stereocenters. The molecule has 0 aliphatic carbocycles. The van der Waals surface area contributed by atoms with Gasteiger partial charge in [-0.05, 0) is 41.8 Å². The molecule has 1 heterocycles. The van der Waals surface area contributed by atoms with Crippen LogP contribution in [0.3, 0.4) is 0 Å². The van der Waals surface area contributed by atoms with Crippen LogP contribution < -0.4 is 4.74 Å². The van der Waals surface area contributed by atoms with Gasteiger partial charge in [0.1, 0.15) is 5.75 Å². The van der Waals surface area contributed by atoms with Crippen molar-refractivity contribution in [3.05, 3.63) is 65.2 Å². The van der Waals surface area contributed by atoms with Crippen molar-refractivity contribution in [2.24, 2.45) is 0 Å². The first-order chi connectivity index (χ1) is 13.2. The van der Waals surface area contributed by atoms with Crippen LogP contribution in [-0.4, -0.2) is 56.1 Å². The Labute approximate surface area is 161 Å². The standard InChI is InChI=1S/C22H28N2O3/c1-26-17-19-5-3-6-20(15-19)22(25)24-12-4-11-23(13-14-24)16-18-7-9-21(27-2)10-8-18/h3,5-10,15H,4,11-14,16-17H2,1-2H3. The van der Waals surface area contributed by atoms with Gasteiger partial charge in [0.05, 0.1) is 13.7 Å². The van der Waals surface area contributed by atoms with Crippen LogP contribution in [0.1, 0.15) is 27.9 Å². The molecule has 144 valence electrons. The summed E-state index contributed by atoms with van der Waals surface area (Å²) in [7, 11) is 3.35. The molecule has 1 saturated heterocycles. The fourth-order valence-electron chi connectivity index (χ4n) is 3.46. The lowest BCUT2D eigenvalue weighted by Crippen LogP contribution is -2.35. The summed E-state index contributed by atoms with van der Waals surface area (Å²) in [5.41, 5.74) is 3.04. The van der Waals surface area contributed by atoms with Crippen molar-refractivity contribution < 1.29 is 14.3 Å². The fraction of sp³-hybridized carbons (Fsp3) is 0.409. The maximum atomic E-state index is 12.9. The zero-order valence-electron chi connectivity index (χ0n) is 16.2. The predicted molar refractivity (Wildman–Crippen MR) is 106 cm³/mol. The molecular weight excluding hydrogens is 340 g/mol. The average molecular weight is 368 g/mol. The summed E-state index contributed by atoms with van der Waals surface area (Å²) >= 11 is 0. The zero-order chi connectivity index (χ0) is 19.1. The first-order valence-electron chi connectivity index (χ1n) is 9.42. The van der Waals surface area contributed by atoms with Crippen LogP contribution in [0.15, 0.2) is 48.5 Å². The molecule has 3 rings (SSSR count). The van der Waals surface area contributed by atoms with E-state index >= 15 is 0 Å². The summed E-state index contributed by atoms with van der Waals surface area (Å²) in [6, 6.07) is 15.9. The Kier molecular flexibility index (Phi) is 6.85. The second kappa shape index (κ2) is 9.53. The van der Waals surface area contributed by atoms with Gasteiger partial charge in [0, 0.05) is 45.4 Å². The Balaban J connectivity index is 1.58. The Hall–Kier alpha value is -2.37. The molecule has 2 aromatic rings. The maximum absolute atomic E-state index is 12.9. The van der Waals surface area contributed by atoms with Gasteiger partial charge in [-0.15, -0.1) is 0 Å². The molecule has 1 aliphatic rings. The smallest absolute Gasteiger partial charge is 0.253 e. The van der Waals surface area contributed by atoms with Crippen molar-refractivity contribution in [2.75, 3.05) is 40.4 Å². The highest BCUT2D eigenvalue weighted by molar-refractivity contribution is 5.94. The molecule has 1 aliphatic heterocycles. The maximum Gasteiger partial charge on any atom is 0.253 e. The monoisotopic (exact) mass is 368 g/mol. The van der Waals surface area contributed by atoms with E-state index < -0.39 is 0 Å². The molecule has 2 aromatic carbocycles. The van der Waals surface area contributed by atoms with Gasteiger partial charge in [-0.2, -0.15) is 0 Å². The van der Waals surface area contributed by atoms with Crippen LogP contribution >= 0.6 is 0 Å². The van der Waals surface area contributed by atoms with Gasteiger partial charge in [0.2, 0.25) is 0 Å². The third-order valence-corrected chi connectivity index (χ3v) is 4.93. The highest BCUT2D eigenvalue weighted by Crippen LogP contribution is 2.16. The predicted octanol–water partition coefficient (Wildman–Crippen LogP) is 3.19. The van der Waals surface area contributed by atoms with Gasteiger partial charge >= 0.3 is 0 Å². The van der Waals surface area contributed by atoms with E-state index in [9.17, 15) is 4.79 Å². The van der Waals surface area contributed by atoms with Gasteiger partial charge in [-0.1, -0.05) is 24.3 Å². The van der Waals surface area contributed by atoms with E-state index in [1.807, 2.05) is 41.3 Å². The second-order valence-electron chi connectivity index (χ2n) is 6.90. The van der Waals surface area contributed by atoms with E-state index in [0.29, 0.717) is 6.61 Å². The van der Waals surface area contributed by atoms with E-state index in [4.69, 9.17) is 9.47 Å². The first kappa shape index (κ1) is 19.4. The first-order valence-corrected chi connectivity index (χ1v) is 9.42. The number of amides is 1. The number of hydrogen-bond donors (Lipinski definition) is 0. The van der Waals surface area contributed by atoms with Crippen molar-refractivity contribution in [2.45, 2.75) is 19.6 Å². The molecule has 0 atom stereocenters. The average Bonchev–Trinajstić information content (AvgIpc) is 2.94. The highest BCUT2D eigenvalue weighted by Gasteiger charge is 2.20. The summed E-state index contributed by atoms with van der Waals surface area (Å²) in [6.07, 6.45) is 0.986. The number of ether oxygens (including phenoxy) is 2. The number of rotatable bonds is 6. The molecule has 0 saturated carbocycles.